The van der Waals surface area contributed by atoms with Crippen LogP contribution in [0.3, 0.4) is 0 Å². The maximum atomic E-state index is 13.2. The summed E-state index contributed by atoms with van der Waals surface area (Å²) in [6.07, 6.45) is 0. The Morgan fingerprint density at radius 3 is 2.78 bits per heavy atom. The van der Waals surface area contributed by atoms with Gasteiger partial charge in [0.2, 0.25) is 5.13 Å². The Balaban J connectivity index is 2.44. The van der Waals surface area contributed by atoms with E-state index in [1.165, 1.54) is 18.5 Å². The summed E-state index contributed by atoms with van der Waals surface area (Å²) in [5, 5.41) is 6.99. The first-order chi connectivity index (χ1) is 8.40. The Bertz CT molecular complexity index is 673. The van der Waals surface area contributed by atoms with Crippen LogP contribution in [0.2, 0.25) is 5.02 Å². The van der Waals surface area contributed by atoms with E-state index < -0.39 is 15.8 Å². The van der Waals surface area contributed by atoms with Gasteiger partial charge < -0.3 is 0 Å². The van der Waals surface area contributed by atoms with Crippen molar-refractivity contribution in [3.8, 4) is 0 Å². The topological polar surface area (TPSA) is 72.0 Å². The maximum absolute atomic E-state index is 13.2. The second-order valence-electron chi connectivity index (χ2n) is 3.38. The van der Waals surface area contributed by atoms with E-state index in [0.29, 0.717) is 0 Å². The van der Waals surface area contributed by atoms with Crippen LogP contribution in [0.1, 0.15) is 5.56 Å². The van der Waals surface area contributed by atoms with Crippen LogP contribution < -0.4 is 4.72 Å². The number of nitrogens with one attached hydrogen (secondary N) is 1. The molecule has 96 valence electrons. The Labute approximate surface area is 112 Å². The molecule has 0 aliphatic carbocycles. The molecule has 1 N–H and O–H groups in total. The van der Waals surface area contributed by atoms with E-state index in [1.54, 1.807) is 0 Å². The molecule has 0 saturated heterocycles. The van der Waals surface area contributed by atoms with Gasteiger partial charge in [-0.05, 0) is 24.6 Å². The van der Waals surface area contributed by atoms with Gasteiger partial charge in [-0.15, -0.1) is 10.2 Å². The zero-order chi connectivity index (χ0) is 13.3. The number of aromatic nitrogens is 2. The van der Waals surface area contributed by atoms with Crippen LogP contribution in [0, 0.1) is 12.7 Å². The van der Waals surface area contributed by atoms with E-state index in [0.717, 1.165) is 17.4 Å². The van der Waals surface area contributed by atoms with Crippen LogP contribution in [0.15, 0.2) is 22.5 Å². The summed E-state index contributed by atoms with van der Waals surface area (Å²) in [4.78, 5) is -0.196. The Morgan fingerprint density at radius 1 is 1.44 bits per heavy atom. The van der Waals surface area contributed by atoms with Crippen molar-refractivity contribution in [2.45, 2.75) is 11.8 Å². The van der Waals surface area contributed by atoms with Crippen molar-refractivity contribution in [1.82, 2.24) is 10.2 Å². The molecule has 1 aromatic carbocycles. The molecular formula is C9H7ClFN3O2S2. The summed E-state index contributed by atoms with van der Waals surface area (Å²) in [7, 11) is -3.89. The fourth-order valence-corrected chi connectivity index (χ4v) is 3.52. The first-order valence-corrected chi connectivity index (χ1v) is 7.39. The number of sulfonamides is 1. The van der Waals surface area contributed by atoms with Crippen LogP contribution in [0.25, 0.3) is 0 Å². The Hall–Kier alpha value is -1.25. The lowest BCUT2D eigenvalue weighted by atomic mass is 10.2. The summed E-state index contributed by atoms with van der Waals surface area (Å²) in [6, 6.07) is 2.13. The number of anilines is 1. The van der Waals surface area contributed by atoms with E-state index >= 15 is 0 Å². The van der Waals surface area contributed by atoms with Gasteiger partial charge in [0.05, 0.1) is 5.02 Å². The fourth-order valence-electron chi connectivity index (χ4n) is 1.22. The zero-order valence-corrected chi connectivity index (χ0v) is 11.4. The highest BCUT2D eigenvalue weighted by Crippen LogP contribution is 2.26. The lowest BCUT2D eigenvalue weighted by Gasteiger charge is -2.08. The summed E-state index contributed by atoms with van der Waals surface area (Å²) in [5.74, 6) is -0.560. The van der Waals surface area contributed by atoms with Gasteiger partial charge in [0.1, 0.15) is 16.2 Å². The molecule has 1 heterocycles. The Morgan fingerprint density at radius 2 is 2.17 bits per heavy atom. The molecule has 0 unspecified atom stereocenters. The molecule has 0 amide bonds. The van der Waals surface area contributed by atoms with Crippen LogP contribution >= 0.6 is 22.9 Å². The number of hydrogen-bond donors (Lipinski definition) is 1. The van der Waals surface area contributed by atoms with E-state index in [4.69, 9.17) is 11.6 Å². The van der Waals surface area contributed by atoms with Crippen molar-refractivity contribution in [3.63, 3.8) is 0 Å². The van der Waals surface area contributed by atoms with Gasteiger partial charge in [-0.3, -0.25) is 4.72 Å². The predicted octanol–water partition coefficient (Wildman–Crippen LogP) is 2.44. The minimum atomic E-state index is -3.89. The molecule has 1 aromatic heterocycles. The smallest absolute Gasteiger partial charge is 0.253 e. The highest BCUT2D eigenvalue weighted by Gasteiger charge is 2.21. The third-order valence-electron chi connectivity index (χ3n) is 2.08. The first-order valence-electron chi connectivity index (χ1n) is 4.65. The van der Waals surface area contributed by atoms with Gasteiger partial charge in [-0.1, -0.05) is 22.9 Å². The number of aryl methyl sites for hydroxylation is 1. The minimum Gasteiger partial charge on any atom is -0.253 e. The molecule has 0 atom stereocenters. The van der Waals surface area contributed by atoms with Crippen molar-refractivity contribution < 1.29 is 12.8 Å². The molecule has 2 rings (SSSR count). The van der Waals surface area contributed by atoms with E-state index in [9.17, 15) is 12.8 Å². The molecule has 0 aliphatic heterocycles. The monoisotopic (exact) mass is 307 g/mol. The number of nitrogens with zero attached hydrogens (tertiary/aromatic N) is 2. The van der Waals surface area contributed by atoms with Crippen LogP contribution in [0.5, 0.6) is 0 Å². The second-order valence-corrected chi connectivity index (χ2v) is 6.27. The highest BCUT2D eigenvalue weighted by molar-refractivity contribution is 7.93. The average molecular weight is 308 g/mol. The second kappa shape index (κ2) is 4.79. The number of hydrogen-bond acceptors (Lipinski definition) is 5. The van der Waals surface area contributed by atoms with E-state index in [-0.39, 0.29) is 20.6 Å². The highest BCUT2D eigenvalue weighted by atomic mass is 35.5. The molecule has 0 aliphatic rings. The first kappa shape index (κ1) is 13.2. The van der Waals surface area contributed by atoms with Gasteiger partial charge >= 0.3 is 0 Å². The number of benzene rings is 1. The van der Waals surface area contributed by atoms with Crippen molar-refractivity contribution in [2.75, 3.05) is 4.72 Å². The molecule has 0 fully saturated rings. The third kappa shape index (κ3) is 2.60. The van der Waals surface area contributed by atoms with Gasteiger partial charge in [0, 0.05) is 0 Å². The largest absolute Gasteiger partial charge is 0.265 e. The van der Waals surface area contributed by atoms with Crippen molar-refractivity contribution in [3.05, 3.63) is 34.0 Å². The predicted molar refractivity (Wildman–Crippen MR) is 66.9 cm³/mol. The van der Waals surface area contributed by atoms with Crippen molar-refractivity contribution in [2.24, 2.45) is 0 Å². The molecular weight excluding hydrogens is 301 g/mol. The van der Waals surface area contributed by atoms with E-state index in [1.807, 2.05) is 0 Å². The summed E-state index contributed by atoms with van der Waals surface area (Å²) < 4.78 is 39.4. The average Bonchev–Trinajstić information content (AvgIpc) is 2.75. The molecule has 18 heavy (non-hydrogen) atoms. The number of halogens is 2. The maximum Gasteiger partial charge on any atom is 0.265 e. The lowest BCUT2D eigenvalue weighted by Crippen LogP contribution is -2.14. The zero-order valence-electron chi connectivity index (χ0n) is 9.02. The van der Waals surface area contributed by atoms with Crippen LogP contribution in [-0.2, 0) is 10.0 Å². The van der Waals surface area contributed by atoms with Gasteiger partial charge in [0.25, 0.3) is 10.0 Å². The molecule has 9 heteroatoms. The third-order valence-corrected chi connectivity index (χ3v) is 4.62. The molecule has 2 aromatic rings. The normalized spacial score (nSPS) is 11.5. The van der Waals surface area contributed by atoms with Gasteiger partial charge in [0.15, 0.2) is 0 Å². The Kier molecular flexibility index (Phi) is 3.51. The van der Waals surface area contributed by atoms with Crippen molar-refractivity contribution in [1.29, 1.82) is 0 Å². The summed E-state index contributed by atoms with van der Waals surface area (Å²) in [6.45, 7) is 1.45. The summed E-state index contributed by atoms with van der Waals surface area (Å²) >= 11 is 6.76. The minimum absolute atomic E-state index is 0.119. The summed E-state index contributed by atoms with van der Waals surface area (Å²) in [5.41, 5.74) is 1.58. The molecule has 0 bridgehead atoms. The van der Waals surface area contributed by atoms with Crippen molar-refractivity contribution >= 4 is 38.1 Å². The fraction of sp³-hybridized carbons (Fsp3) is 0.111. The quantitative estimate of drug-likeness (QED) is 0.945. The molecule has 0 radical (unpaired) electrons. The van der Waals surface area contributed by atoms with Gasteiger partial charge in [-0.25, -0.2) is 12.8 Å². The number of rotatable bonds is 3. The lowest BCUT2D eigenvalue weighted by molar-refractivity contribution is 0.598. The molecule has 5 nitrogen and oxygen atoms in total. The molecule has 0 spiro atoms. The van der Waals surface area contributed by atoms with Crippen LogP contribution in [-0.4, -0.2) is 18.6 Å². The standard InChI is InChI=1S/C9H7ClFN3O2S2/c1-5-2-8(6(10)3-7(5)11)18(15,16)14-9-13-12-4-17-9/h2-4H,1H3,(H,13,14). The molecule has 0 saturated carbocycles. The SMILES string of the molecule is Cc1cc(S(=O)(=O)Nc2nncs2)c(Cl)cc1F. The van der Waals surface area contributed by atoms with E-state index in [2.05, 4.69) is 14.9 Å². The van der Waals surface area contributed by atoms with Crippen LogP contribution in [0.4, 0.5) is 9.52 Å². The van der Waals surface area contributed by atoms with Gasteiger partial charge in [-0.2, -0.15) is 0 Å².